The van der Waals surface area contributed by atoms with Gasteiger partial charge in [0.05, 0.1) is 13.0 Å². The molecule has 9 nitrogen and oxygen atoms in total. The van der Waals surface area contributed by atoms with E-state index in [0.29, 0.717) is 18.5 Å². The average molecular weight is 562 g/mol. The molecule has 0 saturated carbocycles. The summed E-state index contributed by atoms with van der Waals surface area (Å²) >= 11 is 0. The Bertz CT molecular complexity index is 972. The second-order valence-corrected chi connectivity index (χ2v) is 11.3. The molecule has 2 atom stereocenters. The fourth-order valence-electron chi connectivity index (χ4n) is 4.35. The van der Waals surface area contributed by atoms with Crippen molar-refractivity contribution >= 4 is 23.9 Å². The van der Waals surface area contributed by atoms with Crippen molar-refractivity contribution in [3.63, 3.8) is 0 Å². The lowest BCUT2D eigenvalue weighted by molar-refractivity contribution is -0.144. The van der Waals surface area contributed by atoms with Crippen LogP contribution in [0.5, 0.6) is 0 Å². The summed E-state index contributed by atoms with van der Waals surface area (Å²) in [6.07, 6.45) is 5.42. The van der Waals surface area contributed by atoms with Crippen molar-refractivity contribution in [1.82, 2.24) is 15.5 Å². The molecule has 0 radical (unpaired) electrons. The quantitative estimate of drug-likeness (QED) is 0.203. The highest BCUT2D eigenvalue weighted by molar-refractivity contribution is 5.92. The molecule has 1 rings (SSSR count). The van der Waals surface area contributed by atoms with Gasteiger partial charge in [0.1, 0.15) is 17.7 Å². The number of rotatable bonds is 16. The maximum absolute atomic E-state index is 13.9. The molecular formula is C31H51N3O6. The number of alkyl carbamates (subject to hydrolysis) is 1. The summed E-state index contributed by atoms with van der Waals surface area (Å²) in [5.74, 6) is -1.17. The molecule has 0 aliphatic heterocycles. The molecule has 0 aliphatic rings. The number of nitrogens with one attached hydrogen (secondary N) is 2. The fraction of sp³-hybridized carbons (Fsp3) is 0.677. The number of amides is 3. The molecule has 0 fully saturated rings. The van der Waals surface area contributed by atoms with Crippen molar-refractivity contribution in [2.75, 3.05) is 19.7 Å². The lowest BCUT2D eigenvalue weighted by Gasteiger charge is -2.34. The van der Waals surface area contributed by atoms with E-state index in [0.717, 1.165) is 43.2 Å². The zero-order valence-electron chi connectivity index (χ0n) is 25.9. The molecular weight excluding hydrogens is 510 g/mol. The van der Waals surface area contributed by atoms with E-state index in [1.807, 2.05) is 32.0 Å². The zero-order valence-corrected chi connectivity index (χ0v) is 25.9. The minimum atomic E-state index is -0.937. The summed E-state index contributed by atoms with van der Waals surface area (Å²) in [6.45, 7) is 15.3. The van der Waals surface area contributed by atoms with Gasteiger partial charge in [-0.3, -0.25) is 14.4 Å². The molecule has 0 bridgehead atoms. The Balaban J connectivity index is 3.32. The number of ether oxygens (including phenoxy) is 2. The number of benzene rings is 1. The van der Waals surface area contributed by atoms with E-state index < -0.39 is 29.7 Å². The molecule has 0 spiro atoms. The number of unbranched alkanes of at least 4 members (excludes halogenated alkanes) is 5. The molecule has 2 N–H and O–H groups in total. The summed E-state index contributed by atoms with van der Waals surface area (Å²) in [6, 6.07) is 3.95. The summed E-state index contributed by atoms with van der Waals surface area (Å²) in [7, 11) is 0. The van der Waals surface area contributed by atoms with Gasteiger partial charge in [-0.1, -0.05) is 62.8 Å². The average Bonchev–Trinajstić information content (AvgIpc) is 2.85. The highest BCUT2D eigenvalue weighted by atomic mass is 16.6. The van der Waals surface area contributed by atoms with Crippen LogP contribution >= 0.6 is 0 Å². The number of esters is 1. The van der Waals surface area contributed by atoms with Crippen LogP contribution in [0.3, 0.4) is 0 Å². The first-order chi connectivity index (χ1) is 18.8. The number of carbonyl (C=O) groups excluding carboxylic acids is 4. The van der Waals surface area contributed by atoms with Crippen LogP contribution in [-0.2, 0) is 23.9 Å². The third kappa shape index (κ3) is 12.8. The number of hydrogen-bond donors (Lipinski definition) is 2. The Morgan fingerprint density at radius 3 is 2.25 bits per heavy atom. The van der Waals surface area contributed by atoms with Gasteiger partial charge in [-0.15, -0.1) is 0 Å². The van der Waals surface area contributed by atoms with E-state index in [9.17, 15) is 19.2 Å². The van der Waals surface area contributed by atoms with E-state index in [-0.39, 0.29) is 31.4 Å². The first-order valence-corrected chi connectivity index (χ1v) is 14.6. The van der Waals surface area contributed by atoms with Gasteiger partial charge in [-0.2, -0.15) is 0 Å². The summed E-state index contributed by atoms with van der Waals surface area (Å²) in [5.41, 5.74) is 1.81. The van der Waals surface area contributed by atoms with Crippen molar-refractivity contribution in [1.29, 1.82) is 0 Å². The normalized spacial score (nSPS) is 12.7. The highest BCUT2D eigenvalue weighted by Crippen LogP contribution is 2.27. The largest absolute Gasteiger partial charge is 0.466 e. The molecule has 1 aromatic rings. The second-order valence-electron chi connectivity index (χ2n) is 11.3. The molecule has 1 aromatic carbocycles. The Morgan fingerprint density at radius 1 is 0.975 bits per heavy atom. The van der Waals surface area contributed by atoms with Crippen molar-refractivity contribution in [3.05, 3.63) is 34.9 Å². The topological polar surface area (TPSA) is 114 Å². The van der Waals surface area contributed by atoms with Crippen LogP contribution in [0.15, 0.2) is 18.2 Å². The molecule has 0 aromatic heterocycles. The number of carbonyl (C=O) groups is 4. The summed E-state index contributed by atoms with van der Waals surface area (Å²) in [5, 5.41) is 5.47. The van der Waals surface area contributed by atoms with E-state index in [4.69, 9.17) is 9.47 Å². The second kappa shape index (κ2) is 17.6. The highest BCUT2D eigenvalue weighted by Gasteiger charge is 2.35. The molecule has 2 unspecified atom stereocenters. The smallest absolute Gasteiger partial charge is 0.408 e. The van der Waals surface area contributed by atoms with Crippen LogP contribution in [0.4, 0.5) is 4.79 Å². The van der Waals surface area contributed by atoms with Gasteiger partial charge in [-0.05, 0) is 66.0 Å². The van der Waals surface area contributed by atoms with Crippen LogP contribution in [0.2, 0.25) is 0 Å². The van der Waals surface area contributed by atoms with Gasteiger partial charge < -0.3 is 25.0 Å². The number of nitrogens with zero attached hydrogens (tertiary/aromatic N) is 1. The van der Waals surface area contributed by atoms with Gasteiger partial charge in [0.2, 0.25) is 11.8 Å². The predicted octanol–water partition coefficient (Wildman–Crippen LogP) is 5.52. The van der Waals surface area contributed by atoms with Crippen LogP contribution in [0.1, 0.15) is 109 Å². The first kappa shape index (κ1) is 34.9. The monoisotopic (exact) mass is 561 g/mol. The van der Waals surface area contributed by atoms with E-state index in [1.165, 1.54) is 0 Å². The van der Waals surface area contributed by atoms with Crippen LogP contribution in [-0.4, -0.2) is 60.1 Å². The minimum absolute atomic E-state index is 0.0288. The third-order valence-corrected chi connectivity index (χ3v) is 6.36. The van der Waals surface area contributed by atoms with E-state index >= 15 is 0 Å². The number of aryl methyl sites for hydroxylation is 2. The summed E-state index contributed by atoms with van der Waals surface area (Å²) < 4.78 is 10.3. The van der Waals surface area contributed by atoms with Crippen molar-refractivity contribution in [2.45, 2.75) is 118 Å². The Hall–Kier alpha value is -3.10. The van der Waals surface area contributed by atoms with Gasteiger partial charge in [0.15, 0.2) is 0 Å². The Morgan fingerprint density at radius 2 is 1.62 bits per heavy atom. The van der Waals surface area contributed by atoms with E-state index in [1.54, 1.807) is 39.5 Å². The SMILES string of the molecule is CCCCCCCCN(C(=O)C(C)NC(=O)OC(C)(C)C)C(C(=O)NCCC(=O)OCC)c1cc(C)ccc1C. The lowest BCUT2D eigenvalue weighted by atomic mass is 9.96. The van der Waals surface area contributed by atoms with E-state index in [2.05, 4.69) is 17.6 Å². The lowest BCUT2D eigenvalue weighted by Crippen LogP contribution is -2.52. The van der Waals surface area contributed by atoms with Gasteiger partial charge >= 0.3 is 12.1 Å². The van der Waals surface area contributed by atoms with Crippen LogP contribution in [0.25, 0.3) is 0 Å². The molecule has 0 saturated heterocycles. The minimum Gasteiger partial charge on any atom is -0.466 e. The molecule has 40 heavy (non-hydrogen) atoms. The maximum atomic E-state index is 13.9. The Labute approximate surface area is 240 Å². The molecule has 0 aliphatic carbocycles. The molecule has 0 heterocycles. The number of hydrogen-bond acceptors (Lipinski definition) is 6. The predicted molar refractivity (Wildman–Crippen MR) is 157 cm³/mol. The fourth-order valence-corrected chi connectivity index (χ4v) is 4.35. The standard InChI is InChI=1S/C31H51N3O6/c1-9-11-12-13-14-15-20-34(29(37)24(5)33-30(38)40-31(6,7)8)27(25-21-22(3)16-17-23(25)4)28(36)32-19-18-26(35)39-10-2/h16-17,21,24,27H,9-15,18-20H2,1-8H3,(H,32,36)(H,33,38). The molecule has 3 amide bonds. The van der Waals surface area contributed by atoms with Gasteiger partial charge in [0.25, 0.3) is 0 Å². The van der Waals surface area contributed by atoms with Crippen molar-refractivity contribution in [3.8, 4) is 0 Å². The van der Waals surface area contributed by atoms with Crippen molar-refractivity contribution in [2.24, 2.45) is 0 Å². The molecule has 9 heteroatoms. The summed E-state index contributed by atoms with van der Waals surface area (Å²) in [4.78, 5) is 53.5. The third-order valence-electron chi connectivity index (χ3n) is 6.36. The molecule has 226 valence electrons. The first-order valence-electron chi connectivity index (χ1n) is 14.6. The maximum Gasteiger partial charge on any atom is 0.408 e. The van der Waals surface area contributed by atoms with Crippen LogP contribution < -0.4 is 10.6 Å². The van der Waals surface area contributed by atoms with Crippen LogP contribution in [0, 0.1) is 13.8 Å². The van der Waals surface area contributed by atoms with Gasteiger partial charge in [-0.25, -0.2) is 4.79 Å². The zero-order chi connectivity index (χ0) is 30.3. The van der Waals surface area contributed by atoms with Gasteiger partial charge in [0, 0.05) is 13.1 Å². The Kier molecular flexibility index (Phi) is 15.3. The van der Waals surface area contributed by atoms with Crippen molar-refractivity contribution < 1.29 is 28.7 Å².